The number of nitrogens with one attached hydrogen (secondary N) is 1. The molecule has 1 N–H and O–H groups in total. The predicted octanol–water partition coefficient (Wildman–Crippen LogP) is 5.85. The van der Waals surface area contributed by atoms with Gasteiger partial charge in [-0.25, -0.2) is 9.97 Å². The Morgan fingerprint density at radius 1 is 1.26 bits per heavy atom. The van der Waals surface area contributed by atoms with E-state index < -0.39 is 0 Å². The fourth-order valence-corrected chi connectivity index (χ4v) is 5.86. The monoisotopic (exact) mass is 562 g/mol. The number of aromatic nitrogens is 3. The number of amides is 1. The number of nitrogens with zero attached hydrogens (tertiary/aromatic N) is 5. The summed E-state index contributed by atoms with van der Waals surface area (Å²) in [6, 6.07) is 11.3. The van der Waals surface area contributed by atoms with Crippen LogP contribution in [0.1, 0.15) is 29.5 Å². The number of thiophene rings is 1. The van der Waals surface area contributed by atoms with E-state index in [0.717, 1.165) is 58.2 Å². The third-order valence-corrected chi connectivity index (χ3v) is 8.14. The molecule has 0 fully saturated rings. The van der Waals surface area contributed by atoms with Crippen molar-refractivity contribution < 1.29 is 9.53 Å². The molecular formula is C29H31ClN6O2S. The molecule has 0 spiro atoms. The van der Waals surface area contributed by atoms with Crippen molar-refractivity contribution in [2.75, 3.05) is 32.0 Å². The van der Waals surface area contributed by atoms with Crippen molar-refractivity contribution in [1.29, 1.82) is 0 Å². The van der Waals surface area contributed by atoms with Gasteiger partial charge in [0.1, 0.15) is 29.3 Å². The molecule has 39 heavy (non-hydrogen) atoms. The zero-order valence-corrected chi connectivity index (χ0v) is 23.6. The molecule has 8 nitrogen and oxygen atoms in total. The first kappa shape index (κ1) is 27.1. The highest BCUT2D eigenvalue weighted by Gasteiger charge is 2.25. The van der Waals surface area contributed by atoms with Gasteiger partial charge in [0.25, 0.3) is 0 Å². The fourth-order valence-electron chi connectivity index (χ4n) is 4.42. The minimum Gasteiger partial charge on any atom is -0.486 e. The number of pyridine rings is 1. The Kier molecular flexibility index (Phi) is 8.71. The summed E-state index contributed by atoms with van der Waals surface area (Å²) in [5.41, 5.74) is 2.84. The lowest BCUT2D eigenvalue weighted by molar-refractivity contribution is -0.126. The van der Waals surface area contributed by atoms with Crippen LogP contribution in [0.25, 0.3) is 10.2 Å². The molecule has 1 amide bonds. The Morgan fingerprint density at radius 3 is 2.95 bits per heavy atom. The van der Waals surface area contributed by atoms with E-state index in [1.165, 1.54) is 5.56 Å². The second-order valence-electron chi connectivity index (χ2n) is 9.38. The maximum absolute atomic E-state index is 12.8. The summed E-state index contributed by atoms with van der Waals surface area (Å²) in [5.74, 6) is 1.38. The number of hydrogen-bond acceptors (Lipinski definition) is 8. The Labute approximate surface area is 237 Å². The Hall–Kier alpha value is -3.53. The van der Waals surface area contributed by atoms with Gasteiger partial charge in [0, 0.05) is 29.9 Å². The topological polar surface area (TPSA) is 83.5 Å². The number of carbonyl (C=O) groups is 1. The molecule has 10 heteroatoms. The summed E-state index contributed by atoms with van der Waals surface area (Å²) in [7, 11) is 2.08. The van der Waals surface area contributed by atoms with Crippen molar-refractivity contribution in [2.45, 2.75) is 32.9 Å². The van der Waals surface area contributed by atoms with Crippen LogP contribution in [-0.2, 0) is 24.4 Å². The molecule has 1 aliphatic heterocycles. The summed E-state index contributed by atoms with van der Waals surface area (Å²) in [6.45, 7) is 5.67. The lowest BCUT2D eigenvalue weighted by Gasteiger charge is -2.26. The van der Waals surface area contributed by atoms with Crippen LogP contribution in [0, 0.1) is 0 Å². The lowest BCUT2D eigenvalue weighted by atomic mass is 10.0. The van der Waals surface area contributed by atoms with Crippen molar-refractivity contribution in [3.8, 4) is 5.75 Å². The molecule has 1 aliphatic rings. The van der Waals surface area contributed by atoms with Crippen LogP contribution in [0.5, 0.6) is 5.75 Å². The number of carbonyl (C=O) groups excluding carboxylic acids is 1. The van der Waals surface area contributed by atoms with Gasteiger partial charge in [0.05, 0.1) is 22.6 Å². The first-order valence-corrected chi connectivity index (χ1v) is 14.2. The molecule has 0 saturated heterocycles. The van der Waals surface area contributed by atoms with Crippen LogP contribution in [-0.4, -0.2) is 57.3 Å². The van der Waals surface area contributed by atoms with E-state index in [4.69, 9.17) is 16.3 Å². The normalized spacial score (nSPS) is 13.3. The van der Waals surface area contributed by atoms with Gasteiger partial charge in [-0.15, -0.1) is 11.3 Å². The first-order chi connectivity index (χ1) is 19.0. The number of ether oxygens (including phenoxy) is 1. The van der Waals surface area contributed by atoms with Gasteiger partial charge in [-0.1, -0.05) is 30.7 Å². The van der Waals surface area contributed by atoms with Crippen LogP contribution in [0.2, 0.25) is 5.02 Å². The standard InChI is InChI=1S/C29H31ClN6O2S/c1-3-35(2)14-7-5-9-26(37)36-15-12-22-25(17-36)39-29-27(22)28(32-19-33-29)34-20-10-11-24(23(30)16-20)38-18-21-8-4-6-13-31-21/h4-6,8-11,13,16,19H,3,7,12,14-15,17-18H2,1-2H3,(H,32,33,34)/b9-5+. The summed E-state index contributed by atoms with van der Waals surface area (Å²) in [6.07, 6.45) is 8.61. The van der Waals surface area contributed by atoms with Crippen molar-refractivity contribution in [3.05, 3.63) is 82.2 Å². The predicted molar refractivity (Wildman–Crippen MR) is 157 cm³/mol. The second-order valence-corrected chi connectivity index (χ2v) is 10.9. The highest BCUT2D eigenvalue weighted by Crippen LogP contribution is 2.38. The van der Waals surface area contributed by atoms with Crippen LogP contribution >= 0.6 is 22.9 Å². The van der Waals surface area contributed by atoms with Gasteiger partial charge in [0.15, 0.2) is 0 Å². The molecular weight excluding hydrogens is 532 g/mol. The van der Waals surface area contributed by atoms with Gasteiger partial charge in [0.2, 0.25) is 5.91 Å². The number of halogens is 1. The minimum atomic E-state index is 0.0571. The van der Waals surface area contributed by atoms with Gasteiger partial charge in [-0.2, -0.15) is 0 Å². The maximum Gasteiger partial charge on any atom is 0.246 e. The van der Waals surface area contributed by atoms with Gasteiger partial charge >= 0.3 is 0 Å². The van der Waals surface area contributed by atoms with Gasteiger partial charge in [-0.3, -0.25) is 9.78 Å². The quantitative estimate of drug-likeness (QED) is 0.243. The van der Waals surface area contributed by atoms with Crippen molar-refractivity contribution in [1.82, 2.24) is 24.8 Å². The summed E-state index contributed by atoms with van der Waals surface area (Å²) < 4.78 is 5.85. The minimum absolute atomic E-state index is 0.0571. The average molecular weight is 563 g/mol. The molecule has 1 aromatic carbocycles. The number of hydrogen-bond donors (Lipinski definition) is 1. The molecule has 0 saturated carbocycles. The largest absolute Gasteiger partial charge is 0.486 e. The number of anilines is 2. The molecule has 4 aromatic rings. The molecule has 202 valence electrons. The van der Waals surface area contributed by atoms with Crippen LogP contribution in [0.4, 0.5) is 11.5 Å². The summed E-state index contributed by atoms with van der Waals surface area (Å²) in [4.78, 5) is 32.3. The first-order valence-electron chi connectivity index (χ1n) is 13.0. The SMILES string of the molecule is CCN(C)CC/C=C/C(=O)N1CCc2c(sc3ncnc(Nc4ccc(OCc5ccccn5)c(Cl)c4)c23)C1. The number of rotatable bonds is 10. The van der Waals surface area contributed by atoms with Crippen molar-refractivity contribution >= 4 is 50.6 Å². The van der Waals surface area contributed by atoms with Crippen molar-refractivity contribution in [2.24, 2.45) is 0 Å². The summed E-state index contributed by atoms with van der Waals surface area (Å²) >= 11 is 8.15. The molecule has 0 bridgehead atoms. The molecule has 0 atom stereocenters. The zero-order valence-electron chi connectivity index (χ0n) is 22.1. The highest BCUT2D eigenvalue weighted by molar-refractivity contribution is 7.19. The van der Waals surface area contributed by atoms with E-state index in [-0.39, 0.29) is 5.91 Å². The second kappa shape index (κ2) is 12.5. The third kappa shape index (κ3) is 6.55. The van der Waals surface area contributed by atoms with Crippen LogP contribution in [0.3, 0.4) is 0 Å². The van der Waals surface area contributed by atoms with Gasteiger partial charge in [-0.05, 0) is 68.4 Å². The summed E-state index contributed by atoms with van der Waals surface area (Å²) in [5, 5.41) is 4.92. The maximum atomic E-state index is 12.8. The molecule has 0 aliphatic carbocycles. The molecule has 0 unspecified atom stereocenters. The lowest BCUT2D eigenvalue weighted by Crippen LogP contribution is -2.34. The number of benzene rings is 1. The Morgan fingerprint density at radius 2 is 2.15 bits per heavy atom. The van der Waals surface area contributed by atoms with E-state index in [0.29, 0.717) is 30.5 Å². The van der Waals surface area contributed by atoms with Crippen LogP contribution in [0.15, 0.2) is 61.1 Å². The third-order valence-electron chi connectivity index (χ3n) is 6.72. The van der Waals surface area contributed by atoms with E-state index in [2.05, 4.69) is 39.1 Å². The van der Waals surface area contributed by atoms with Gasteiger partial charge < -0.3 is 19.9 Å². The number of fused-ring (bicyclic) bond motifs is 3. The van der Waals surface area contributed by atoms with E-state index in [1.807, 2.05) is 47.4 Å². The van der Waals surface area contributed by atoms with Crippen molar-refractivity contribution in [3.63, 3.8) is 0 Å². The Balaban J connectivity index is 1.27. The zero-order chi connectivity index (χ0) is 27.2. The highest BCUT2D eigenvalue weighted by atomic mass is 35.5. The van der Waals surface area contributed by atoms with E-state index in [9.17, 15) is 4.79 Å². The molecule has 3 aromatic heterocycles. The van der Waals surface area contributed by atoms with Crippen LogP contribution < -0.4 is 10.1 Å². The fraction of sp³-hybridized carbons (Fsp3) is 0.310. The Bertz CT molecular complexity index is 1480. The molecule has 5 rings (SSSR count). The molecule has 4 heterocycles. The average Bonchev–Trinajstić information content (AvgIpc) is 3.34. The smallest absolute Gasteiger partial charge is 0.246 e. The van der Waals surface area contributed by atoms with E-state index in [1.54, 1.807) is 29.9 Å². The van der Waals surface area contributed by atoms with E-state index >= 15 is 0 Å². The molecule has 0 radical (unpaired) electrons.